The second-order valence-electron chi connectivity index (χ2n) is 4.35. The van der Waals surface area contributed by atoms with Crippen molar-refractivity contribution >= 4 is 16.0 Å². The van der Waals surface area contributed by atoms with Crippen LogP contribution >= 0.6 is 0 Å². The Morgan fingerprint density at radius 3 is 2.52 bits per heavy atom. The average Bonchev–Trinajstić information content (AvgIpc) is 2.45. The van der Waals surface area contributed by atoms with Crippen LogP contribution in [0.5, 0.6) is 5.75 Å². The summed E-state index contributed by atoms with van der Waals surface area (Å²) in [5.74, 6) is -1.13. The van der Waals surface area contributed by atoms with Crippen LogP contribution in [0.3, 0.4) is 0 Å². The highest BCUT2D eigenvalue weighted by molar-refractivity contribution is 7.89. The smallest absolute Gasteiger partial charge is 0.335 e. The Balaban J connectivity index is 3.22. The van der Waals surface area contributed by atoms with Gasteiger partial charge in [-0.15, -0.1) is 0 Å². The number of carbonyl (C=O) groups is 1. The van der Waals surface area contributed by atoms with Crippen molar-refractivity contribution in [2.45, 2.75) is 24.3 Å². The first-order chi connectivity index (χ1) is 9.85. The molecule has 0 fully saturated rings. The number of rotatable bonds is 8. The van der Waals surface area contributed by atoms with E-state index in [1.54, 1.807) is 0 Å². The van der Waals surface area contributed by atoms with E-state index in [0.29, 0.717) is 6.42 Å². The molecule has 0 saturated carbocycles. The summed E-state index contributed by atoms with van der Waals surface area (Å²) in [6, 6.07) is 3.27. The van der Waals surface area contributed by atoms with Crippen molar-refractivity contribution < 1.29 is 27.8 Å². The van der Waals surface area contributed by atoms with Crippen LogP contribution in [-0.2, 0) is 14.8 Å². The number of nitrogens with one attached hydrogen (secondary N) is 1. The molecule has 8 heteroatoms. The summed E-state index contributed by atoms with van der Waals surface area (Å²) in [6.45, 7) is 2.04. The maximum absolute atomic E-state index is 12.4. The van der Waals surface area contributed by atoms with Gasteiger partial charge >= 0.3 is 5.97 Å². The van der Waals surface area contributed by atoms with Crippen molar-refractivity contribution in [3.05, 3.63) is 23.8 Å². The van der Waals surface area contributed by atoms with Gasteiger partial charge < -0.3 is 14.6 Å². The lowest BCUT2D eigenvalue weighted by atomic mass is 10.2. The monoisotopic (exact) mass is 317 g/mol. The largest absolute Gasteiger partial charge is 0.495 e. The van der Waals surface area contributed by atoms with Gasteiger partial charge in [0.25, 0.3) is 0 Å². The molecule has 0 aliphatic rings. The quantitative estimate of drug-likeness (QED) is 0.744. The Kier molecular flexibility index (Phi) is 6.13. The van der Waals surface area contributed by atoms with Crippen LogP contribution in [0.2, 0.25) is 0 Å². The molecular formula is C13H19NO6S. The maximum Gasteiger partial charge on any atom is 0.335 e. The highest BCUT2D eigenvalue weighted by Gasteiger charge is 2.24. The minimum Gasteiger partial charge on any atom is -0.495 e. The number of hydrogen-bond acceptors (Lipinski definition) is 5. The summed E-state index contributed by atoms with van der Waals surface area (Å²) < 4.78 is 37.2. The number of aromatic carboxylic acids is 1. The number of benzene rings is 1. The summed E-state index contributed by atoms with van der Waals surface area (Å²) in [7, 11) is -1.12. The fraction of sp³-hybridized carbons (Fsp3) is 0.462. The molecule has 0 spiro atoms. The molecule has 2 N–H and O–H groups in total. The van der Waals surface area contributed by atoms with Crippen molar-refractivity contribution in [2.24, 2.45) is 0 Å². The van der Waals surface area contributed by atoms with E-state index in [0.717, 1.165) is 6.07 Å². The molecule has 1 rings (SSSR count). The molecule has 0 aliphatic heterocycles. The third-order valence-corrected chi connectivity index (χ3v) is 4.42. The molecule has 1 unspecified atom stereocenters. The average molecular weight is 317 g/mol. The first-order valence-corrected chi connectivity index (χ1v) is 7.76. The lowest BCUT2D eigenvalue weighted by molar-refractivity contribution is 0.0696. The Morgan fingerprint density at radius 2 is 2.05 bits per heavy atom. The van der Waals surface area contributed by atoms with Crippen LogP contribution in [0.15, 0.2) is 23.1 Å². The normalized spacial score (nSPS) is 12.9. The van der Waals surface area contributed by atoms with Crippen molar-refractivity contribution in [1.29, 1.82) is 0 Å². The van der Waals surface area contributed by atoms with Crippen LogP contribution in [0, 0.1) is 0 Å². The van der Waals surface area contributed by atoms with Crippen LogP contribution in [-0.4, -0.2) is 46.4 Å². The Bertz CT molecular complexity index is 599. The Hall–Kier alpha value is -1.64. The Morgan fingerprint density at radius 1 is 1.38 bits per heavy atom. The maximum atomic E-state index is 12.4. The van der Waals surface area contributed by atoms with Gasteiger partial charge in [0.2, 0.25) is 10.0 Å². The van der Waals surface area contributed by atoms with Gasteiger partial charge in [0, 0.05) is 13.2 Å². The van der Waals surface area contributed by atoms with Gasteiger partial charge in [-0.2, -0.15) is 0 Å². The van der Waals surface area contributed by atoms with E-state index in [9.17, 15) is 13.2 Å². The lowest BCUT2D eigenvalue weighted by Gasteiger charge is -2.17. The molecule has 0 radical (unpaired) electrons. The molecule has 0 saturated heterocycles. The number of carboxylic acid groups (broad SMARTS) is 1. The first-order valence-electron chi connectivity index (χ1n) is 6.28. The topological polar surface area (TPSA) is 102 Å². The molecule has 1 aromatic carbocycles. The van der Waals surface area contributed by atoms with Crippen LogP contribution < -0.4 is 9.46 Å². The van der Waals surface area contributed by atoms with E-state index < -0.39 is 22.0 Å². The summed E-state index contributed by atoms with van der Waals surface area (Å²) in [5.41, 5.74) is -0.129. The van der Waals surface area contributed by atoms with Crippen LogP contribution in [0.25, 0.3) is 0 Å². The van der Waals surface area contributed by atoms with E-state index >= 15 is 0 Å². The number of carboxylic acids is 1. The summed E-state index contributed by atoms with van der Waals surface area (Å²) in [6.07, 6.45) is 0.536. The number of ether oxygens (including phenoxy) is 2. The predicted molar refractivity (Wildman–Crippen MR) is 76.2 cm³/mol. The van der Waals surface area contributed by atoms with Crippen molar-refractivity contribution in [3.8, 4) is 5.75 Å². The second kappa shape index (κ2) is 7.39. The SMILES string of the molecule is CCC(COC)NS(=O)(=O)c1cc(C(=O)O)ccc1OC. The standard InChI is InChI=1S/C13H19NO6S/c1-4-10(8-19-2)14-21(17,18)12-7-9(13(15)16)5-6-11(12)20-3/h5-7,10,14H,4,8H2,1-3H3,(H,15,16). The summed E-state index contributed by atoms with van der Waals surface area (Å²) in [4.78, 5) is 10.8. The van der Waals surface area contributed by atoms with Crippen molar-refractivity contribution in [2.75, 3.05) is 20.8 Å². The molecule has 1 aromatic rings. The van der Waals surface area contributed by atoms with E-state index in [1.807, 2.05) is 6.92 Å². The molecule has 0 amide bonds. The zero-order chi connectivity index (χ0) is 16.0. The molecule has 118 valence electrons. The number of methoxy groups -OCH3 is 2. The van der Waals surface area contributed by atoms with E-state index in [2.05, 4.69) is 4.72 Å². The lowest BCUT2D eigenvalue weighted by Crippen LogP contribution is -2.37. The zero-order valence-electron chi connectivity index (χ0n) is 12.1. The van der Waals surface area contributed by atoms with Gasteiger partial charge in [0.15, 0.2) is 0 Å². The van der Waals surface area contributed by atoms with Gasteiger partial charge in [-0.05, 0) is 24.6 Å². The summed E-state index contributed by atoms with van der Waals surface area (Å²) in [5, 5.41) is 8.97. The minimum absolute atomic E-state index is 0.0831. The highest BCUT2D eigenvalue weighted by atomic mass is 32.2. The molecule has 0 aliphatic carbocycles. The third-order valence-electron chi connectivity index (χ3n) is 2.88. The van der Waals surface area contributed by atoms with Crippen molar-refractivity contribution in [3.63, 3.8) is 0 Å². The third kappa shape index (κ3) is 4.42. The Labute approximate surface area is 123 Å². The molecule has 0 bridgehead atoms. The zero-order valence-corrected chi connectivity index (χ0v) is 12.9. The molecule has 0 aromatic heterocycles. The predicted octanol–water partition coefficient (Wildman–Crippen LogP) is 1.10. The van der Waals surface area contributed by atoms with Crippen LogP contribution in [0.1, 0.15) is 23.7 Å². The highest BCUT2D eigenvalue weighted by Crippen LogP contribution is 2.25. The van der Waals surface area contributed by atoms with Gasteiger partial charge in [-0.1, -0.05) is 6.92 Å². The van der Waals surface area contributed by atoms with E-state index in [-0.39, 0.29) is 22.8 Å². The minimum atomic E-state index is -3.91. The van der Waals surface area contributed by atoms with Crippen molar-refractivity contribution in [1.82, 2.24) is 4.72 Å². The summed E-state index contributed by atoms with van der Waals surface area (Å²) >= 11 is 0. The second-order valence-corrected chi connectivity index (χ2v) is 6.03. The fourth-order valence-electron chi connectivity index (χ4n) is 1.74. The first kappa shape index (κ1) is 17.4. The van der Waals surface area contributed by atoms with Gasteiger partial charge in [0.05, 0.1) is 19.3 Å². The molecular weight excluding hydrogens is 298 g/mol. The number of sulfonamides is 1. The fourth-order valence-corrected chi connectivity index (χ4v) is 3.24. The molecule has 7 nitrogen and oxygen atoms in total. The molecule has 0 heterocycles. The van der Waals surface area contributed by atoms with Gasteiger partial charge in [-0.3, -0.25) is 0 Å². The molecule has 21 heavy (non-hydrogen) atoms. The number of hydrogen-bond donors (Lipinski definition) is 2. The molecule has 1 atom stereocenters. The van der Waals surface area contributed by atoms with Gasteiger partial charge in [0.1, 0.15) is 10.6 Å². The van der Waals surface area contributed by atoms with Crippen LogP contribution in [0.4, 0.5) is 0 Å². The van der Waals surface area contributed by atoms with E-state index in [1.165, 1.54) is 26.4 Å². The van der Waals surface area contributed by atoms with E-state index in [4.69, 9.17) is 14.6 Å². The van der Waals surface area contributed by atoms with Gasteiger partial charge in [-0.25, -0.2) is 17.9 Å².